The van der Waals surface area contributed by atoms with Crippen LogP contribution in [0.15, 0.2) is 91.3 Å². The highest BCUT2D eigenvalue weighted by atomic mass is 16.5. The third-order valence-electron chi connectivity index (χ3n) is 5.56. The molecule has 2 N–H and O–H groups in total. The molecule has 0 aliphatic rings. The lowest BCUT2D eigenvalue weighted by atomic mass is 9.98. The number of methoxy groups -OCH3 is 1. The van der Waals surface area contributed by atoms with Crippen LogP contribution in [0.2, 0.25) is 0 Å². The Morgan fingerprint density at radius 1 is 0.939 bits per heavy atom. The number of aromatic nitrogens is 2. The molecule has 0 fully saturated rings. The fraction of sp³-hybridized carbons (Fsp3) is 0.192. The van der Waals surface area contributed by atoms with Gasteiger partial charge in [0.25, 0.3) is 5.91 Å². The van der Waals surface area contributed by atoms with Crippen molar-refractivity contribution < 1.29 is 24.0 Å². The number of rotatable bonds is 8. The zero-order valence-electron chi connectivity index (χ0n) is 18.3. The van der Waals surface area contributed by atoms with Gasteiger partial charge in [-0.2, -0.15) is 0 Å². The lowest BCUT2D eigenvalue weighted by Gasteiger charge is -2.15. The molecule has 4 rings (SSSR count). The summed E-state index contributed by atoms with van der Waals surface area (Å²) in [4.78, 5) is 24.4. The number of esters is 1. The first-order valence-corrected chi connectivity index (χ1v) is 10.7. The van der Waals surface area contributed by atoms with E-state index in [1.165, 1.54) is 7.11 Å². The molecule has 1 atom stereocenters. The monoisotopic (exact) mass is 444 g/mol. The van der Waals surface area contributed by atoms with E-state index in [4.69, 9.17) is 0 Å². The second-order valence-corrected chi connectivity index (χ2v) is 7.69. The number of carbonyl (C=O) groups excluding carboxylic acids is 2. The second-order valence-electron chi connectivity index (χ2n) is 7.69. The Bertz CT molecular complexity index is 1200. The van der Waals surface area contributed by atoms with Gasteiger partial charge in [-0.3, -0.25) is 4.79 Å². The highest BCUT2D eigenvalue weighted by Gasteiger charge is 2.28. The summed E-state index contributed by atoms with van der Waals surface area (Å²) in [5.41, 5.74) is 4.08. The molecular formula is C26H26N3O4+. The van der Waals surface area contributed by atoms with Crippen molar-refractivity contribution >= 4 is 22.9 Å². The summed E-state index contributed by atoms with van der Waals surface area (Å²) in [6.07, 6.45) is 1.92. The second kappa shape index (κ2) is 10.1. The Balaban J connectivity index is 1.75. The summed E-state index contributed by atoms with van der Waals surface area (Å²) in [7, 11) is 1.22. The molecule has 168 valence electrons. The summed E-state index contributed by atoms with van der Waals surface area (Å²) in [6.45, 7) is -0.549. The van der Waals surface area contributed by atoms with Crippen LogP contribution in [0.5, 0.6) is 0 Å². The fourth-order valence-electron chi connectivity index (χ4n) is 4.03. The number of carbonyl (C=O) groups is 2. The van der Waals surface area contributed by atoms with E-state index in [1.807, 2.05) is 71.6 Å². The number of para-hydroxylation sites is 2. The number of nitrogens with zero attached hydrogens (tertiary/aromatic N) is 2. The van der Waals surface area contributed by atoms with Crippen molar-refractivity contribution in [3.8, 4) is 0 Å². The standard InChI is InChI=1S/C26H25N3O4/c1-33-26(32)21(17-30)27-24(31)16-28-18-29(23-15-9-8-14-22(23)28)25(19-10-4-2-5-11-19)20-12-6-3-7-13-20/h2-15,18,21,25,30H,16-17H2,1H3/p+1/t21-/m0/s1. The minimum atomic E-state index is -1.10. The van der Waals surface area contributed by atoms with E-state index in [9.17, 15) is 14.7 Å². The maximum atomic E-state index is 12.7. The van der Waals surface area contributed by atoms with Gasteiger partial charge in [-0.1, -0.05) is 72.8 Å². The SMILES string of the molecule is COC(=O)[C@H](CO)NC(=O)C[n+]1cn(C(c2ccccc2)c2ccccc2)c2ccccc21. The number of ether oxygens (including phenoxy) is 1. The van der Waals surface area contributed by atoms with Gasteiger partial charge in [-0.05, 0) is 12.1 Å². The van der Waals surface area contributed by atoms with Gasteiger partial charge >= 0.3 is 5.97 Å². The molecule has 0 bridgehead atoms. The molecule has 4 aromatic rings. The van der Waals surface area contributed by atoms with Crippen molar-refractivity contribution in [2.45, 2.75) is 18.6 Å². The molecule has 0 unspecified atom stereocenters. The van der Waals surface area contributed by atoms with E-state index in [0.717, 1.165) is 22.2 Å². The Hall–Kier alpha value is -3.97. The molecule has 33 heavy (non-hydrogen) atoms. The van der Waals surface area contributed by atoms with E-state index in [-0.39, 0.29) is 12.6 Å². The largest absolute Gasteiger partial charge is 0.467 e. The smallest absolute Gasteiger partial charge is 0.330 e. The van der Waals surface area contributed by atoms with Crippen LogP contribution in [0, 0.1) is 0 Å². The average molecular weight is 445 g/mol. The van der Waals surface area contributed by atoms with Gasteiger partial charge in [-0.15, -0.1) is 0 Å². The van der Waals surface area contributed by atoms with Crippen molar-refractivity contribution in [3.05, 3.63) is 102 Å². The molecule has 7 heteroatoms. The van der Waals surface area contributed by atoms with Gasteiger partial charge in [0, 0.05) is 11.1 Å². The number of imidazole rings is 1. The van der Waals surface area contributed by atoms with Crippen molar-refractivity contribution in [1.29, 1.82) is 0 Å². The van der Waals surface area contributed by atoms with Crippen LogP contribution < -0.4 is 9.88 Å². The number of fused-ring (bicyclic) bond motifs is 1. The molecule has 0 radical (unpaired) electrons. The first-order valence-electron chi connectivity index (χ1n) is 10.7. The topological polar surface area (TPSA) is 84.4 Å². The Kier molecular flexibility index (Phi) is 6.80. The van der Waals surface area contributed by atoms with E-state index < -0.39 is 24.5 Å². The number of nitrogens with one attached hydrogen (secondary N) is 1. The van der Waals surface area contributed by atoms with Crippen molar-refractivity contribution in [3.63, 3.8) is 0 Å². The molecule has 0 saturated heterocycles. The number of aliphatic hydroxyl groups excluding tert-OH is 1. The molecule has 7 nitrogen and oxygen atoms in total. The number of hydrogen-bond donors (Lipinski definition) is 2. The van der Waals surface area contributed by atoms with Gasteiger partial charge in [0.05, 0.1) is 13.7 Å². The van der Waals surface area contributed by atoms with Gasteiger partial charge in [0.2, 0.25) is 6.33 Å². The minimum absolute atomic E-state index is 0.0166. The maximum Gasteiger partial charge on any atom is 0.330 e. The van der Waals surface area contributed by atoms with E-state index in [1.54, 1.807) is 0 Å². The Labute approximate surface area is 191 Å². The first kappa shape index (κ1) is 22.2. The van der Waals surface area contributed by atoms with Gasteiger partial charge < -0.3 is 15.2 Å². The van der Waals surface area contributed by atoms with Crippen molar-refractivity contribution in [2.75, 3.05) is 13.7 Å². The lowest BCUT2D eigenvalue weighted by Crippen LogP contribution is -2.49. The molecule has 3 aromatic carbocycles. The normalized spacial score (nSPS) is 12.0. The molecule has 0 saturated carbocycles. The highest BCUT2D eigenvalue weighted by Crippen LogP contribution is 2.29. The number of hydrogen-bond acceptors (Lipinski definition) is 4. The summed E-state index contributed by atoms with van der Waals surface area (Å²) in [5.74, 6) is -1.09. The molecule has 1 aromatic heterocycles. The molecule has 1 amide bonds. The van der Waals surface area contributed by atoms with Crippen LogP contribution in [-0.2, 0) is 20.9 Å². The van der Waals surface area contributed by atoms with E-state index in [0.29, 0.717) is 0 Å². The number of aliphatic hydroxyl groups is 1. The van der Waals surface area contributed by atoms with E-state index >= 15 is 0 Å². The third kappa shape index (κ3) is 4.78. The Morgan fingerprint density at radius 2 is 1.52 bits per heavy atom. The molecule has 0 aliphatic carbocycles. The summed E-state index contributed by atoms with van der Waals surface area (Å²) >= 11 is 0. The zero-order valence-corrected chi connectivity index (χ0v) is 18.3. The molecule has 1 heterocycles. The highest BCUT2D eigenvalue weighted by molar-refractivity contribution is 5.84. The third-order valence-corrected chi connectivity index (χ3v) is 5.56. The molecular weight excluding hydrogens is 418 g/mol. The van der Waals surface area contributed by atoms with Gasteiger partial charge in [0.15, 0.2) is 29.7 Å². The molecule has 0 spiro atoms. The van der Waals surface area contributed by atoms with Crippen LogP contribution in [0.25, 0.3) is 11.0 Å². The summed E-state index contributed by atoms with van der Waals surface area (Å²) in [6, 6.07) is 27.1. The van der Waals surface area contributed by atoms with E-state index in [2.05, 4.69) is 38.9 Å². The van der Waals surface area contributed by atoms with Crippen molar-refractivity contribution in [1.82, 2.24) is 9.88 Å². The average Bonchev–Trinajstić information content (AvgIpc) is 3.21. The lowest BCUT2D eigenvalue weighted by molar-refractivity contribution is -0.659. The maximum absolute atomic E-state index is 12.7. The quantitative estimate of drug-likeness (QED) is 0.322. The predicted molar refractivity (Wildman–Crippen MR) is 123 cm³/mol. The molecule has 0 aliphatic heterocycles. The first-order chi connectivity index (χ1) is 16.1. The van der Waals surface area contributed by atoms with Crippen LogP contribution in [-0.4, -0.2) is 41.3 Å². The van der Waals surface area contributed by atoms with Gasteiger partial charge in [-0.25, -0.2) is 13.9 Å². The number of benzene rings is 3. The summed E-state index contributed by atoms with van der Waals surface area (Å²) in [5, 5.41) is 12.0. The van der Waals surface area contributed by atoms with Gasteiger partial charge in [0.1, 0.15) is 0 Å². The minimum Gasteiger partial charge on any atom is -0.467 e. The zero-order chi connectivity index (χ0) is 23.2. The fourth-order valence-corrected chi connectivity index (χ4v) is 4.03. The van der Waals surface area contributed by atoms with Crippen LogP contribution in [0.1, 0.15) is 17.2 Å². The van der Waals surface area contributed by atoms with Crippen molar-refractivity contribution in [2.24, 2.45) is 0 Å². The van der Waals surface area contributed by atoms with Crippen LogP contribution in [0.3, 0.4) is 0 Å². The Morgan fingerprint density at radius 3 is 2.09 bits per heavy atom. The van der Waals surface area contributed by atoms with Crippen LogP contribution in [0.4, 0.5) is 0 Å². The summed E-state index contributed by atoms with van der Waals surface area (Å²) < 4.78 is 8.63. The predicted octanol–water partition coefficient (Wildman–Crippen LogP) is 2.22. The van der Waals surface area contributed by atoms with Crippen LogP contribution >= 0.6 is 0 Å². The number of amides is 1.